The van der Waals surface area contributed by atoms with Crippen LogP contribution in [0.2, 0.25) is 0 Å². The number of hydrogen-bond donors (Lipinski definition) is 0. The third kappa shape index (κ3) is 4.10. The van der Waals surface area contributed by atoms with E-state index in [0.29, 0.717) is 18.0 Å². The Morgan fingerprint density at radius 2 is 2.08 bits per heavy atom. The second kappa shape index (κ2) is 7.25. The van der Waals surface area contributed by atoms with E-state index in [2.05, 4.69) is 0 Å². The second-order valence-corrected chi connectivity index (χ2v) is 8.12. The molecule has 0 spiro atoms. The maximum absolute atomic E-state index is 13.0. The van der Waals surface area contributed by atoms with Crippen LogP contribution in [-0.4, -0.2) is 58.9 Å². The first kappa shape index (κ1) is 18.1. The Labute approximate surface area is 151 Å². The summed E-state index contributed by atoms with van der Waals surface area (Å²) in [6.07, 6.45) is 2.07. The number of hydrogen-bond acceptors (Lipinski definition) is 5. The first-order chi connectivity index (χ1) is 11.9. The van der Waals surface area contributed by atoms with Crippen molar-refractivity contribution in [1.82, 2.24) is 9.80 Å². The quantitative estimate of drug-likeness (QED) is 0.752. The molecule has 0 bridgehead atoms. The minimum absolute atomic E-state index is 0.0307. The second-order valence-electron chi connectivity index (χ2n) is 7.17. The van der Waals surface area contributed by atoms with E-state index >= 15 is 0 Å². The van der Waals surface area contributed by atoms with Crippen molar-refractivity contribution < 1.29 is 19.1 Å². The largest absolute Gasteiger partial charge is 0.375 e. The molecule has 1 unspecified atom stereocenters. The van der Waals surface area contributed by atoms with Crippen molar-refractivity contribution in [2.75, 3.05) is 19.7 Å². The van der Waals surface area contributed by atoms with Gasteiger partial charge in [-0.05, 0) is 38.1 Å². The number of ether oxygens (including phenoxy) is 1. The summed E-state index contributed by atoms with van der Waals surface area (Å²) in [6.45, 7) is 5.30. The van der Waals surface area contributed by atoms with Crippen LogP contribution in [0.1, 0.15) is 49.2 Å². The summed E-state index contributed by atoms with van der Waals surface area (Å²) in [5.74, 6) is -0.307. The normalized spacial score (nSPS) is 23.1. The highest BCUT2D eigenvalue weighted by Gasteiger charge is 2.36. The maximum Gasteiger partial charge on any atom is 0.264 e. The molecule has 2 aliphatic rings. The molecule has 2 saturated heterocycles. The highest BCUT2D eigenvalue weighted by molar-refractivity contribution is 7.12. The molecule has 25 heavy (non-hydrogen) atoms. The highest BCUT2D eigenvalue weighted by Crippen LogP contribution is 2.29. The lowest BCUT2D eigenvalue weighted by Crippen LogP contribution is -2.51. The Balaban J connectivity index is 1.75. The van der Waals surface area contributed by atoms with E-state index in [1.807, 2.05) is 36.3 Å². The lowest BCUT2D eigenvalue weighted by Gasteiger charge is -2.41. The van der Waals surface area contributed by atoms with Crippen molar-refractivity contribution in [3.05, 3.63) is 22.4 Å². The summed E-state index contributed by atoms with van der Waals surface area (Å²) in [5, 5.41) is 1.88. The van der Waals surface area contributed by atoms with Gasteiger partial charge in [0.2, 0.25) is 11.8 Å². The molecule has 3 amide bonds. The van der Waals surface area contributed by atoms with Gasteiger partial charge in [0.25, 0.3) is 5.91 Å². The van der Waals surface area contributed by atoms with Gasteiger partial charge in [-0.2, -0.15) is 0 Å². The van der Waals surface area contributed by atoms with Gasteiger partial charge in [-0.25, -0.2) is 0 Å². The molecular weight excluding hydrogens is 340 g/mol. The van der Waals surface area contributed by atoms with Gasteiger partial charge >= 0.3 is 0 Å². The van der Waals surface area contributed by atoms with Gasteiger partial charge in [0.15, 0.2) is 0 Å². The van der Waals surface area contributed by atoms with E-state index in [0.717, 1.165) is 12.8 Å². The van der Waals surface area contributed by atoms with Crippen molar-refractivity contribution in [2.45, 2.75) is 51.2 Å². The van der Waals surface area contributed by atoms with Crippen molar-refractivity contribution in [3.63, 3.8) is 0 Å². The number of thiophene rings is 1. The Morgan fingerprint density at radius 1 is 1.36 bits per heavy atom. The van der Waals surface area contributed by atoms with E-state index in [-0.39, 0.29) is 48.8 Å². The zero-order valence-corrected chi connectivity index (χ0v) is 15.5. The first-order valence-corrected chi connectivity index (χ1v) is 9.57. The third-order valence-electron chi connectivity index (χ3n) is 4.82. The number of amides is 3. The number of rotatable bonds is 5. The molecule has 6 nitrogen and oxygen atoms in total. The Hall–Kier alpha value is -1.73. The van der Waals surface area contributed by atoms with E-state index in [1.165, 1.54) is 16.2 Å². The molecule has 2 fully saturated rings. The molecule has 0 radical (unpaired) electrons. The van der Waals surface area contributed by atoms with Gasteiger partial charge in [0.1, 0.15) is 0 Å². The molecule has 1 aromatic heterocycles. The lowest BCUT2D eigenvalue weighted by molar-refractivity contribution is -0.138. The molecule has 1 atom stereocenters. The van der Waals surface area contributed by atoms with Crippen LogP contribution in [0.4, 0.5) is 0 Å². The van der Waals surface area contributed by atoms with Gasteiger partial charge in [-0.3, -0.25) is 19.3 Å². The lowest BCUT2D eigenvalue weighted by atomic mass is 9.92. The Morgan fingerprint density at radius 3 is 2.68 bits per heavy atom. The monoisotopic (exact) mass is 364 g/mol. The van der Waals surface area contributed by atoms with Crippen LogP contribution in [0.15, 0.2) is 17.5 Å². The molecule has 0 aliphatic carbocycles. The van der Waals surface area contributed by atoms with E-state index in [9.17, 15) is 14.4 Å². The summed E-state index contributed by atoms with van der Waals surface area (Å²) in [5.41, 5.74) is -0.282. The predicted molar refractivity (Wildman–Crippen MR) is 94.4 cm³/mol. The van der Waals surface area contributed by atoms with E-state index < -0.39 is 0 Å². The fraction of sp³-hybridized carbons (Fsp3) is 0.611. The average molecular weight is 364 g/mol. The molecular formula is C18H24N2O4S. The minimum atomic E-state index is -0.282. The molecule has 2 aliphatic heterocycles. The summed E-state index contributed by atoms with van der Waals surface area (Å²) in [6, 6.07) is 3.72. The summed E-state index contributed by atoms with van der Waals surface area (Å²) in [4.78, 5) is 40.5. The van der Waals surface area contributed by atoms with Crippen LogP contribution < -0.4 is 0 Å². The van der Waals surface area contributed by atoms with Gasteiger partial charge in [-0.15, -0.1) is 11.3 Å². The van der Waals surface area contributed by atoms with Crippen molar-refractivity contribution >= 4 is 29.1 Å². The summed E-state index contributed by atoms with van der Waals surface area (Å²) in [7, 11) is 0. The molecule has 0 aromatic carbocycles. The number of carbonyl (C=O) groups is 3. The van der Waals surface area contributed by atoms with Crippen LogP contribution in [0.3, 0.4) is 0 Å². The van der Waals surface area contributed by atoms with Crippen LogP contribution >= 0.6 is 11.3 Å². The fourth-order valence-electron chi connectivity index (χ4n) is 3.54. The number of nitrogens with zero attached hydrogens (tertiary/aromatic N) is 2. The van der Waals surface area contributed by atoms with Crippen molar-refractivity contribution in [1.29, 1.82) is 0 Å². The van der Waals surface area contributed by atoms with Crippen LogP contribution in [0, 0.1) is 0 Å². The topological polar surface area (TPSA) is 66.9 Å². The fourth-order valence-corrected chi connectivity index (χ4v) is 4.22. The van der Waals surface area contributed by atoms with Crippen LogP contribution in [0.25, 0.3) is 0 Å². The Bertz CT molecular complexity index is 640. The van der Waals surface area contributed by atoms with Crippen LogP contribution in [-0.2, 0) is 14.3 Å². The van der Waals surface area contributed by atoms with Gasteiger partial charge < -0.3 is 9.64 Å². The number of carbonyl (C=O) groups excluding carboxylic acids is 3. The average Bonchev–Trinajstić information content (AvgIpc) is 3.19. The number of likely N-dealkylation sites (tertiary alicyclic amines) is 1. The SMILES string of the molecule is CC1(C)CC(N(CCN2C(=O)CCC2=O)C(=O)c2cccs2)CCO1. The maximum atomic E-state index is 13.0. The zero-order chi connectivity index (χ0) is 18.0. The third-order valence-corrected chi connectivity index (χ3v) is 5.68. The smallest absolute Gasteiger partial charge is 0.264 e. The minimum Gasteiger partial charge on any atom is -0.375 e. The molecule has 3 heterocycles. The molecule has 0 saturated carbocycles. The number of imide groups is 1. The highest BCUT2D eigenvalue weighted by atomic mass is 32.1. The van der Waals surface area contributed by atoms with E-state index in [1.54, 1.807) is 0 Å². The Kier molecular flexibility index (Phi) is 5.24. The molecule has 136 valence electrons. The van der Waals surface area contributed by atoms with E-state index in [4.69, 9.17) is 4.74 Å². The zero-order valence-electron chi connectivity index (χ0n) is 14.7. The molecule has 1 aromatic rings. The van der Waals surface area contributed by atoms with Gasteiger partial charge in [-0.1, -0.05) is 6.07 Å². The molecule has 7 heteroatoms. The van der Waals surface area contributed by atoms with Gasteiger partial charge in [0.05, 0.1) is 10.5 Å². The summed E-state index contributed by atoms with van der Waals surface area (Å²) >= 11 is 1.41. The first-order valence-electron chi connectivity index (χ1n) is 8.69. The summed E-state index contributed by atoms with van der Waals surface area (Å²) < 4.78 is 5.77. The molecule has 3 rings (SSSR count). The van der Waals surface area contributed by atoms with Crippen molar-refractivity contribution in [2.24, 2.45) is 0 Å². The standard InChI is InChI=1S/C18H24N2O4S/c1-18(2)12-13(7-10-24-18)19(17(23)14-4-3-11-25-14)8-9-20-15(21)5-6-16(20)22/h3-4,11,13H,5-10,12H2,1-2H3. The predicted octanol–water partition coefficient (Wildman–Crippen LogP) is 2.30. The molecule has 0 N–H and O–H groups in total. The van der Waals surface area contributed by atoms with Crippen molar-refractivity contribution in [3.8, 4) is 0 Å². The van der Waals surface area contributed by atoms with Gasteiger partial charge in [0, 0.05) is 38.6 Å². The van der Waals surface area contributed by atoms with Crippen LogP contribution in [0.5, 0.6) is 0 Å².